The number of ether oxygens (including phenoxy) is 3. The van der Waals surface area contributed by atoms with E-state index < -0.39 is 18.1 Å². The van der Waals surface area contributed by atoms with Gasteiger partial charge in [-0.25, -0.2) is 9.18 Å². The molecule has 0 fully saturated rings. The van der Waals surface area contributed by atoms with Crippen molar-refractivity contribution in [1.29, 1.82) is 0 Å². The van der Waals surface area contributed by atoms with Gasteiger partial charge < -0.3 is 14.2 Å². The highest BCUT2D eigenvalue weighted by Crippen LogP contribution is 2.37. The number of H-pyrrole nitrogens is 1. The first kappa shape index (κ1) is 18.3. The lowest BCUT2D eigenvalue weighted by Gasteiger charge is -2.28. The van der Waals surface area contributed by atoms with E-state index in [1.54, 1.807) is 6.07 Å². The lowest BCUT2D eigenvalue weighted by atomic mass is 10.1. The smallest absolute Gasteiger partial charge is 0.359 e. The Labute approximate surface area is 171 Å². The van der Waals surface area contributed by atoms with Gasteiger partial charge in [-0.05, 0) is 18.2 Å². The summed E-state index contributed by atoms with van der Waals surface area (Å²) in [6.07, 6.45) is -0.617. The minimum Gasteiger partial charge on any atom is -0.460 e. The quantitative estimate of drug-likeness (QED) is 0.501. The van der Waals surface area contributed by atoms with Gasteiger partial charge in [-0.3, -0.25) is 5.10 Å². The summed E-state index contributed by atoms with van der Waals surface area (Å²) in [5, 5.41) is 7.50. The van der Waals surface area contributed by atoms with Crippen LogP contribution in [0.1, 0.15) is 33.5 Å². The van der Waals surface area contributed by atoms with E-state index in [2.05, 4.69) is 10.2 Å². The number of esters is 1. The van der Waals surface area contributed by atoms with Crippen LogP contribution in [0.3, 0.4) is 0 Å². The third-order valence-electron chi connectivity index (χ3n) is 4.92. The van der Waals surface area contributed by atoms with Gasteiger partial charge in [-0.2, -0.15) is 5.10 Å². The van der Waals surface area contributed by atoms with E-state index in [-0.39, 0.29) is 18.9 Å². The fourth-order valence-corrected chi connectivity index (χ4v) is 3.49. The first-order valence-corrected chi connectivity index (χ1v) is 9.44. The number of benzene rings is 3. The molecular weight excluding hydrogens is 387 g/mol. The second kappa shape index (κ2) is 7.61. The number of hydrogen-bond acceptors (Lipinski definition) is 5. The fraction of sp³-hybridized carbons (Fsp3) is 0.130. The summed E-state index contributed by atoms with van der Waals surface area (Å²) in [5.74, 6) is -0.580. The van der Waals surface area contributed by atoms with E-state index in [1.165, 1.54) is 12.1 Å². The summed E-state index contributed by atoms with van der Waals surface area (Å²) >= 11 is 0. The zero-order valence-electron chi connectivity index (χ0n) is 15.8. The van der Waals surface area contributed by atoms with Crippen LogP contribution < -0.4 is 4.74 Å². The van der Waals surface area contributed by atoms with Crippen LogP contribution in [-0.4, -0.2) is 16.2 Å². The number of fused-ring (bicyclic) bond motifs is 2. The van der Waals surface area contributed by atoms with E-state index >= 15 is 0 Å². The molecule has 1 aliphatic rings. The van der Waals surface area contributed by atoms with E-state index in [1.807, 2.05) is 48.5 Å². The maximum atomic E-state index is 14.1. The van der Waals surface area contributed by atoms with E-state index in [4.69, 9.17) is 14.2 Å². The molecule has 4 aromatic rings. The van der Waals surface area contributed by atoms with Gasteiger partial charge in [0.25, 0.3) is 0 Å². The van der Waals surface area contributed by atoms with Gasteiger partial charge in [-0.1, -0.05) is 48.5 Å². The maximum Gasteiger partial charge on any atom is 0.359 e. The number of nitrogens with zero attached hydrogens (tertiary/aromatic N) is 1. The molecule has 1 atom stereocenters. The molecule has 1 aliphatic heterocycles. The van der Waals surface area contributed by atoms with Crippen LogP contribution in [0.2, 0.25) is 0 Å². The van der Waals surface area contributed by atoms with Crippen molar-refractivity contribution in [1.82, 2.24) is 10.2 Å². The monoisotopic (exact) mass is 404 g/mol. The Morgan fingerprint density at radius 1 is 1.13 bits per heavy atom. The van der Waals surface area contributed by atoms with Crippen molar-refractivity contribution in [3.8, 4) is 5.75 Å². The van der Waals surface area contributed by atoms with Gasteiger partial charge in [0.05, 0.1) is 12.1 Å². The maximum absolute atomic E-state index is 14.1. The molecule has 150 valence electrons. The summed E-state index contributed by atoms with van der Waals surface area (Å²) in [6.45, 7) is 0.0409. The van der Waals surface area contributed by atoms with Crippen molar-refractivity contribution in [2.45, 2.75) is 19.5 Å². The highest BCUT2D eigenvalue weighted by molar-refractivity contribution is 6.01. The zero-order valence-corrected chi connectivity index (χ0v) is 15.8. The highest BCUT2D eigenvalue weighted by atomic mass is 19.1. The molecule has 3 aromatic carbocycles. The molecule has 0 saturated heterocycles. The molecule has 0 saturated carbocycles. The standard InChI is InChI=1S/C23H17FN2O4/c24-17-10-15(12-28-22(27)20-18-8-4-5-9-19(18)25-26-20)21-16(11-17)13-29-23(30-21)14-6-2-1-3-7-14/h1-11,23H,12-13H2,(H,25,26)/t23-/m1/s1. The Bertz CT molecular complexity index is 1220. The van der Waals surface area contributed by atoms with Crippen molar-refractivity contribution in [3.63, 3.8) is 0 Å². The number of aromatic amines is 1. The zero-order chi connectivity index (χ0) is 20.5. The Morgan fingerprint density at radius 3 is 2.80 bits per heavy atom. The Kier molecular flexibility index (Phi) is 4.65. The van der Waals surface area contributed by atoms with Crippen molar-refractivity contribution in [2.24, 2.45) is 0 Å². The summed E-state index contributed by atoms with van der Waals surface area (Å²) in [7, 11) is 0. The van der Waals surface area contributed by atoms with E-state index in [9.17, 15) is 9.18 Å². The number of carbonyl (C=O) groups is 1. The van der Waals surface area contributed by atoms with Crippen molar-refractivity contribution in [2.75, 3.05) is 0 Å². The molecule has 6 nitrogen and oxygen atoms in total. The van der Waals surface area contributed by atoms with Gasteiger partial charge in [0.15, 0.2) is 5.69 Å². The van der Waals surface area contributed by atoms with Gasteiger partial charge in [-0.15, -0.1) is 0 Å². The molecule has 0 bridgehead atoms. The molecule has 0 amide bonds. The minimum atomic E-state index is -0.617. The second-order valence-electron chi connectivity index (χ2n) is 6.92. The number of carbonyl (C=O) groups excluding carboxylic acids is 1. The van der Waals surface area contributed by atoms with E-state index in [0.717, 1.165) is 11.1 Å². The SMILES string of the molecule is O=C(OCc1cc(F)cc2c1O[C@H](c1ccccc1)OC2)c1n[nH]c2ccccc12. The van der Waals surface area contributed by atoms with Crippen LogP contribution in [0, 0.1) is 5.82 Å². The van der Waals surface area contributed by atoms with Crippen LogP contribution in [0.5, 0.6) is 5.75 Å². The number of hydrogen-bond donors (Lipinski definition) is 1. The Morgan fingerprint density at radius 2 is 1.93 bits per heavy atom. The lowest BCUT2D eigenvalue weighted by molar-refractivity contribution is -0.112. The number of halogens is 1. The topological polar surface area (TPSA) is 73.4 Å². The number of aromatic nitrogens is 2. The van der Waals surface area contributed by atoms with Crippen LogP contribution in [0.15, 0.2) is 66.7 Å². The number of para-hydroxylation sites is 1. The van der Waals surface area contributed by atoms with Gasteiger partial charge >= 0.3 is 5.97 Å². The second-order valence-corrected chi connectivity index (χ2v) is 6.92. The molecular formula is C23H17FN2O4. The molecule has 30 heavy (non-hydrogen) atoms. The van der Waals surface area contributed by atoms with Crippen LogP contribution in [0.25, 0.3) is 10.9 Å². The summed E-state index contributed by atoms with van der Waals surface area (Å²) in [6, 6.07) is 19.4. The Hall–Kier alpha value is -3.71. The van der Waals surface area contributed by atoms with E-state index in [0.29, 0.717) is 22.3 Å². The highest BCUT2D eigenvalue weighted by Gasteiger charge is 2.26. The lowest BCUT2D eigenvalue weighted by Crippen LogP contribution is -2.20. The summed E-state index contributed by atoms with van der Waals surface area (Å²) in [4.78, 5) is 12.6. The van der Waals surface area contributed by atoms with Gasteiger partial charge in [0.1, 0.15) is 18.2 Å². The first-order chi connectivity index (χ1) is 14.7. The first-order valence-electron chi connectivity index (χ1n) is 9.44. The normalized spacial score (nSPS) is 15.4. The largest absolute Gasteiger partial charge is 0.460 e. The van der Waals surface area contributed by atoms with Gasteiger partial charge in [0.2, 0.25) is 6.29 Å². The molecule has 5 rings (SSSR count). The predicted molar refractivity (Wildman–Crippen MR) is 106 cm³/mol. The number of rotatable bonds is 4. The molecule has 2 heterocycles. The molecule has 0 spiro atoms. The number of nitrogens with one attached hydrogen (secondary N) is 1. The van der Waals surface area contributed by atoms with Crippen molar-refractivity contribution in [3.05, 3.63) is 94.9 Å². The Balaban J connectivity index is 1.39. The minimum absolute atomic E-state index is 0.151. The summed E-state index contributed by atoms with van der Waals surface area (Å²) in [5.41, 5.74) is 2.76. The molecule has 0 radical (unpaired) electrons. The van der Waals surface area contributed by atoms with Crippen LogP contribution >= 0.6 is 0 Å². The van der Waals surface area contributed by atoms with Crippen LogP contribution in [0.4, 0.5) is 4.39 Å². The molecule has 1 N–H and O–H groups in total. The fourth-order valence-electron chi connectivity index (χ4n) is 3.49. The predicted octanol–water partition coefficient (Wildman–Crippen LogP) is 4.67. The van der Waals surface area contributed by atoms with Crippen molar-refractivity contribution < 1.29 is 23.4 Å². The molecule has 7 heteroatoms. The summed E-state index contributed by atoms with van der Waals surface area (Å²) < 4.78 is 31.3. The van der Waals surface area contributed by atoms with Crippen molar-refractivity contribution >= 4 is 16.9 Å². The molecule has 0 aliphatic carbocycles. The third kappa shape index (κ3) is 3.40. The molecule has 0 unspecified atom stereocenters. The average Bonchev–Trinajstić information content (AvgIpc) is 3.22. The van der Waals surface area contributed by atoms with Gasteiger partial charge in [0, 0.05) is 22.1 Å². The van der Waals surface area contributed by atoms with Crippen LogP contribution in [-0.2, 0) is 22.7 Å². The average molecular weight is 404 g/mol. The molecule has 1 aromatic heterocycles. The third-order valence-corrected chi connectivity index (χ3v) is 4.92.